The van der Waals surface area contributed by atoms with Crippen LogP contribution in [0.4, 0.5) is 0 Å². The summed E-state index contributed by atoms with van der Waals surface area (Å²) < 4.78 is 0. The largest absolute Gasteiger partial charge is 0.356 e. The molecule has 0 radical (unpaired) electrons. The number of hydrogen-bond acceptors (Lipinski definition) is 2. The van der Waals surface area contributed by atoms with Gasteiger partial charge in [-0.2, -0.15) is 0 Å². The molecule has 4 nitrogen and oxygen atoms in total. The standard InChI is InChI=1S/C16H28N2O2/c1-3-10-17-14(19)13-6-11-18(12-7-13)15(20)16(2)8-4-5-9-16/h13H,3-12H2,1-2H3,(H,17,19). The van der Waals surface area contributed by atoms with Gasteiger partial charge in [0.1, 0.15) is 0 Å². The lowest BCUT2D eigenvalue weighted by Crippen LogP contribution is -2.47. The molecule has 0 spiro atoms. The van der Waals surface area contributed by atoms with Crippen LogP contribution in [-0.2, 0) is 9.59 Å². The molecule has 0 aromatic heterocycles. The van der Waals surface area contributed by atoms with Crippen molar-refractivity contribution >= 4 is 11.8 Å². The van der Waals surface area contributed by atoms with Crippen molar-refractivity contribution in [1.82, 2.24) is 10.2 Å². The summed E-state index contributed by atoms with van der Waals surface area (Å²) >= 11 is 0. The number of nitrogens with zero attached hydrogens (tertiary/aromatic N) is 1. The van der Waals surface area contributed by atoms with Crippen LogP contribution in [0.25, 0.3) is 0 Å². The van der Waals surface area contributed by atoms with E-state index < -0.39 is 0 Å². The number of rotatable bonds is 4. The zero-order valence-electron chi connectivity index (χ0n) is 12.9. The number of amides is 2. The Kier molecular flexibility index (Phi) is 5.06. The maximum atomic E-state index is 12.6. The molecule has 114 valence electrons. The van der Waals surface area contributed by atoms with E-state index in [1.165, 1.54) is 12.8 Å². The number of likely N-dealkylation sites (tertiary alicyclic amines) is 1. The predicted molar refractivity (Wildman–Crippen MR) is 79.2 cm³/mol. The van der Waals surface area contributed by atoms with Crippen LogP contribution < -0.4 is 5.32 Å². The minimum atomic E-state index is -0.128. The highest BCUT2D eigenvalue weighted by Crippen LogP contribution is 2.39. The van der Waals surface area contributed by atoms with Gasteiger partial charge in [0.15, 0.2) is 0 Å². The third kappa shape index (κ3) is 3.33. The maximum absolute atomic E-state index is 12.6. The number of hydrogen-bond donors (Lipinski definition) is 1. The molecule has 2 rings (SSSR count). The van der Waals surface area contributed by atoms with Gasteiger partial charge in [-0.1, -0.05) is 26.7 Å². The Hall–Kier alpha value is -1.06. The molecule has 4 heteroatoms. The Labute approximate surface area is 122 Å². The lowest BCUT2D eigenvalue weighted by molar-refractivity contribution is -0.144. The van der Waals surface area contributed by atoms with Crippen LogP contribution in [0.3, 0.4) is 0 Å². The van der Waals surface area contributed by atoms with Crippen molar-refractivity contribution in [3.63, 3.8) is 0 Å². The Morgan fingerprint density at radius 2 is 1.80 bits per heavy atom. The smallest absolute Gasteiger partial charge is 0.228 e. The number of carbonyl (C=O) groups excluding carboxylic acids is 2. The average Bonchev–Trinajstić information content (AvgIpc) is 2.92. The zero-order chi connectivity index (χ0) is 14.6. The summed E-state index contributed by atoms with van der Waals surface area (Å²) in [5.41, 5.74) is -0.128. The van der Waals surface area contributed by atoms with E-state index in [-0.39, 0.29) is 17.2 Å². The normalized spacial score (nSPS) is 22.8. The highest BCUT2D eigenvalue weighted by atomic mass is 16.2. The molecule has 1 aliphatic carbocycles. The van der Waals surface area contributed by atoms with Crippen LogP contribution in [0.5, 0.6) is 0 Å². The molecule has 1 saturated carbocycles. The van der Waals surface area contributed by atoms with Gasteiger partial charge in [-0.3, -0.25) is 9.59 Å². The topological polar surface area (TPSA) is 49.4 Å². The molecule has 1 saturated heterocycles. The molecule has 0 aromatic carbocycles. The van der Waals surface area contributed by atoms with E-state index in [0.29, 0.717) is 5.91 Å². The van der Waals surface area contributed by atoms with Crippen molar-refractivity contribution in [2.75, 3.05) is 19.6 Å². The van der Waals surface area contributed by atoms with Crippen molar-refractivity contribution in [2.45, 2.75) is 58.8 Å². The minimum absolute atomic E-state index is 0.0991. The molecule has 2 amide bonds. The lowest BCUT2D eigenvalue weighted by atomic mass is 9.85. The summed E-state index contributed by atoms with van der Waals surface area (Å²) in [6, 6.07) is 0. The summed E-state index contributed by atoms with van der Waals surface area (Å²) in [4.78, 5) is 26.5. The fourth-order valence-corrected chi connectivity index (χ4v) is 3.49. The van der Waals surface area contributed by atoms with Gasteiger partial charge in [0, 0.05) is 31.0 Å². The predicted octanol–water partition coefficient (Wildman–Crippen LogP) is 2.33. The summed E-state index contributed by atoms with van der Waals surface area (Å²) in [7, 11) is 0. The monoisotopic (exact) mass is 280 g/mol. The van der Waals surface area contributed by atoms with Crippen molar-refractivity contribution < 1.29 is 9.59 Å². The second-order valence-electron chi connectivity index (χ2n) is 6.63. The molecule has 20 heavy (non-hydrogen) atoms. The van der Waals surface area contributed by atoms with Crippen LogP contribution >= 0.6 is 0 Å². The van der Waals surface area contributed by atoms with Gasteiger partial charge in [-0.05, 0) is 32.1 Å². The van der Waals surface area contributed by atoms with Crippen LogP contribution in [-0.4, -0.2) is 36.3 Å². The first kappa shape index (κ1) is 15.3. The first-order valence-electron chi connectivity index (χ1n) is 8.14. The van der Waals surface area contributed by atoms with Gasteiger partial charge >= 0.3 is 0 Å². The summed E-state index contributed by atoms with van der Waals surface area (Å²) in [5, 5.41) is 2.97. The van der Waals surface area contributed by atoms with Gasteiger partial charge in [0.2, 0.25) is 11.8 Å². The summed E-state index contributed by atoms with van der Waals surface area (Å²) in [6.45, 7) is 6.43. The van der Waals surface area contributed by atoms with Gasteiger partial charge in [0.05, 0.1) is 0 Å². The second-order valence-corrected chi connectivity index (χ2v) is 6.63. The first-order valence-corrected chi connectivity index (χ1v) is 8.14. The molecule has 0 atom stereocenters. The van der Waals surface area contributed by atoms with Crippen LogP contribution in [0.15, 0.2) is 0 Å². The van der Waals surface area contributed by atoms with E-state index >= 15 is 0 Å². The number of carbonyl (C=O) groups is 2. The Balaban J connectivity index is 1.82. The fraction of sp³-hybridized carbons (Fsp3) is 0.875. The third-order valence-electron chi connectivity index (χ3n) is 4.93. The van der Waals surface area contributed by atoms with Gasteiger partial charge in [-0.15, -0.1) is 0 Å². The van der Waals surface area contributed by atoms with Crippen molar-refractivity contribution in [2.24, 2.45) is 11.3 Å². The molecule has 1 N–H and O–H groups in total. The summed E-state index contributed by atoms with van der Waals surface area (Å²) in [6.07, 6.45) is 7.03. The van der Waals surface area contributed by atoms with E-state index in [4.69, 9.17) is 0 Å². The molecule has 2 fully saturated rings. The van der Waals surface area contributed by atoms with E-state index in [0.717, 1.165) is 51.7 Å². The van der Waals surface area contributed by atoms with Crippen molar-refractivity contribution in [3.8, 4) is 0 Å². The number of nitrogens with one attached hydrogen (secondary N) is 1. The average molecular weight is 280 g/mol. The SMILES string of the molecule is CCCNC(=O)C1CCN(C(=O)C2(C)CCCC2)CC1. The molecule has 0 unspecified atom stereocenters. The lowest BCUT2D eigenvalue weighted by Gasteiger charge is -2.36. The van der Waals surface area contributed by atoms with Crippen molar-refractivity contribution in [1.29, 1.82) is 0 Å². The molecular weight excluding hydrogens is 252 g/mol. The maximum Gasteiger partial charge on any atom is 0.228 e. The van der Waals surface area contributed by atoms with Gasteiger partial charge < -0.3 is 10.2 Å². The van der Waals surface area contributed by atoms with Crippen LogP contribution in [0.1, 0.15) is 58.8 Å². The van der Waals surface area contributed by atoms with E-state index in [2.05, 4.69) is 19.2 Å². The molecule has 2 aliphatic rings. The quantitative estimate of drug-likeness (QED) is 0.859. The Bertz CT molecular complexity index is 353. The third-order valence-corrected chi connectivity index (χ3v) is 4.93. The molecule has 0 aromatic rings. The van der Waals surface area contributed by atoms with E-state index in [9.17, 15) is 9.59 Å². The second kappa shape index (κ2) is 6.59. The van der Waals surface area contributed by atoms with Crippen LogP contribution in [0, 0.1) is 11.3 Å². The first-order chi connectivity index (χ1) is 9.57. The number of piperidine rings is 1. The minimum Gasteiger partial charge on any atom is -0.356 e. The van der Waals surface area contributed by atoms with E-state index in [1.807, 2.05) is 4.90 Å². The fourth-order valence-electron chi connectivity index (χ4n) is 3.49. The molecule has 1 aliphatic heterocycles. The van der Waals surface area contributed by atoms with Gasteiger partial charge in [0.25, 0.3) is 0 Å². The molecule has 0 bridgehead atoms. The Morgan fingerprint density at radius 1 is 1.20 bits per heavy atom. The van der Waals surface area contributed by atoms with Crippen LogP contribution in [0.2, 0.25) is 0 Å². The highest BCUT2D eigenvalue weighted by Gasteiger charge is 2.40. The van der Waals surface area contributed by atoms with E-state index in [1.54, 1.807) is 0 Å². The molecular formula is C16H28N2O2. The van der Waals surface area contributed by atoms with Crippen molar-refractivity contribution in [3.05, 3.63) is 0 Å². The summed E-state index contributed by atoms with van der Waals surface area (Å²) in [5.74, 6) is 0.593. The zero-order valence-corrected chi connectivity index (χ0v) is 12.9. The highest BCUT2D eigenvalue weighted by molar-refractivity contribution is 5.83. The van der Waals surface area contributed by atoms with Gasteiger partial charge in [-0.25, -0.2) is 0 Å². The Morgan fingerprint density at radius 3 is 2.35 bits per heavy atom. The molecule has 1 heterocycles.